The molecule has 2 rings (SSSR count). The second-order valence-electron chi connectivity index (χ2n) is 5.94. The molecule has 0 amide bonds. The van der Waals surface area contributed by atoms with E-state index in [4.69, 9.17) is 0 Å². The van der Waals surface area contributed by atoms with Gasteiger partial charge >= 0.3 is 0 Å². The molecule has 0 radical (unpaired) electrons. The van der Waals surface area contributed by atoms with Crippen LogP contribution >= 0.6 is 15.9 Å². The first-order valence-corrected chi connectivity index (χ1v) is 10.2. The fourth-order valence-electron chi connectivity index (χ4n) is 2.28. The fraction of sp³-hybridized carbons (Fsp3) is 0.200. The van der Waals surface area contributed by atoms with Gasteiger partial charge in [-0.25, -0.2) is 8.42 Å². The average molecular weight is 420 g/mol. The Morgan fingerprint density at radius 2 is 1.56 bits per heavy atom. The zero-order valence-corrected chi connectivity index (χ0v) is 16.8. The highest BCUT2D eigenvalue weighted by molar-refractivity contribution is 9.11. The van der Waals surface area contributed by atoms with Crippen molar-refractivity contribution in [2.24, 2.45) is 0 Å². The van der Waals surface area contributed by atoms with E-state index >= 15 is 0 Å². The molecule has 0 saturated heterocycles. The van der Waals surface area contributed by atoms with Gasteiger partial charge in [-0.05, 0) is 31.5 Å². The highest BCUT2D eigenvalue weighted by atomic mass is 79.9. The van der Waals surface area contributed by atoms with Gasteiger partial charge in [-0.1, -0.05) is 82.2 Å². The monoisotopic (exact) mass is 419 g/mol. The lowest BCUT2D eigenvalue weighted by Crippen LogP contribution is -2.32. The molecule has 2 aromatic carbocycles. The van der Waals surface area contributed by atoms with E-state index in [0.29, 0.717) is 4.48 Å². The second kappa shape index (κ2) is 8.61. The van der Waals surface area contributed by atoms with Gasteiger partial charge < -0.3 is 0 Å². The molecule has 25 heavy (non-hydrogen) atoms. The van der Waals surface area contributed by atoms with E-state index in [1.807, 2.05) is 50.3 Å². The van der Waals surface area contributed by atoms with E-state index in [9.17, 15) is 8.42 Å². The number of benzene rings is 2. The Morgan fingerprint density at radius 1 is 1.04 bits per heavy atom. The minimum Gasteiger partial charge on any atom is -0.207 e. The summed E-state index contributed by atoms with van der Waals surface area (Å²) < 4.78 is 27.8. The highest BCUT2D eigenvalue weighted by Crippen LogP contribution is 2.19. The molecular weight excluding hydrogens is 398 g/mol. The third-order valence-corrected chi connectivity index (χ3v) is 5.78. The minimum atomic E-state index is -3.58. The Hall–Kier alpha value is -1.69. The minimum absolute atomic E-state index is 0.217. The molecule has 2 aromatic rings. The molecule has 0 aliphatic heterocycles. The van der Waals surface area contributed by atoms with Crippen LogP contribution in [-0.4, -0.2) is 25.8 Å². The van der Waals surface area contributed by atoms with E-state index in [0.717, 1.165) is 11.1 Å². The van der Waals surface area contributed by atoms with Gasteiger partial charge in [-0.2, -0.15) is 4.31 Å². The zero-order chi connectivity index (χ0) is 18.4. The van der Waals surface area contributed by atoms with Gasteiger partial charge in [0.05, 0.1) is 4.90 Å². The van der Waals surface area contributed by atoms with Crippen molar-refractivity contribution >= 4 is 32.0 Å². The molecule has 0 N–H and O–H groups in total. The van der Waals surface area contributed by atoms with Crippen LogP contribution in [0, 0.1) is 13.8 Å². The Balaban J connectivity index is 2.21. The van der Waals surface area contributed by atoms with Crippen LogP contribution in [0.1, 0.15) is 16.7 Å². The lowest BCUT2D eigenvalue weighted by Gasteiger charge is -2.20. The Morgan fingerprint density at radius 3 is 2.08 bits per heavy atom. The summed E-state index contributed by atoms with van der Waals surface area (Å²) in [6, 6.07) is 15.0. The molecule has 0 unspecified atom stereocenters. The van der Waals surface area contributed by atoms with Crippen molar-refractivity contribution in [2.45, 2.75) is 18.7 Å². The fourth-order valence-corrected chi connectivity index (χ4v) is 4.14. The highest BCUT2D eigenvalue weighted by Gasteiger charge is 2.23. The van der Waals surface area contributed by atoms with Crippen molar-refractivity contribution < 1.29 is 8.42 Å². The van der Waals surface area contributed by atoms with E-state index < -0.39 is 10.0 Å². The molecule has 0 atom stereocenters. The molecule has 0 aliphatic rings. The number of aryl methyl sites for hydroxylation is 2. The largest absolute Gasteiger partial charge is 0.243 e. The number of hydrogen-bond donors (Lipinski definition) is 0. The Kier molecular flexibility index (Phi) is 6.76. The summed E-state index contributed by atoms with van der Waals surface area (Å²) in [4.78, 5) is 0.288. The predicted octanol–water partition coefficient (Wildman–Crippen LogP) is 4.92. The normalized spacial score (nSPS) is 12.0. The lowest BCUT2D eigenvalue weighted by molar-refractivity contribution is 0.473. The van der Waals surface area contributed by atoms with Crippen molar-refractivity contribution in [3.8, 4) is 0 Å². The van der Waals surface area contributed by atoms with E-state index in [1.54, 1.807) is 24.3 Å². The molecule has 5 heteroatoms. The van der Waals surface area contributed by atoms with Crippen LogP contribution in [0.3, 0.4) is 0 Å². The van der Waals surface area contributed by atoms with Crippen molar-refractivity contribution in [1.29, 1.82) is 0 Å². The summed E-state index contributed by atoms with van der Waals surface area (Å²) in [6.45, 7) is 8.23. The van der Waals surface area contributed by atoms with Gasteiger partial charge in [0.1, 0.15) is 0 Å². The number of hydrogen-bond acceptors (Lipinski definition) is 2. The van der Waals surface area contributed by atoms with E-state index in [-0.39, 0.29) is 18.0 Å². The number of sulfonamides is 1. The molecule has 0 spiro atoms. The number of nitrogens with zero attached hydrogens (tertiary/aromatic N) is 1. The van der Waals surface area contributed by atoms with Crippen LogP contribution in [0.5, 0.6) is 0 Å². The summed E-state index contributed by atoms with van der Waals surface area (Å²) in [6.07, 6.45) is 3.78. The third-order valence-electron chi connectivity index (χ3n) is 3.70. The smallest absolute Gasteiger partial charge is 0.207 e. The van der Waals surface area contributed by atoms with Gasteiger partial charge in [0.15, 0.2) is 0 Å². The first-order valence-electron chi connectivity index (χ1n) is 7.92. The van der Waals surface area contributed by atoms with Crippen LogP contribution in [0.2, 0.25) is 0 Å². The van der Waals surface area contributed by atoms with Gasteiger partial charge in [-0.3, -0.25) is 0 Å². The van der Waals surface area contributed by atoms with Crippen molar-refractivity contribution in [1.82, 2.24) is 4.31 Å². The Bertz CT molecular complexity index is 854. The van der Waals surface area contributed by atoms with Gasteiger partial charge in [0.2, 0.25) is 10.0 Å². The molecule has 0 heterocycles. The van der Waals surface area contributed by atoms with Crippen LogP contribution in [-0.2, 0) is 10.0 Å². The summed E-state index contributed by atoms with van der Waals surface area (Å²) in [5.41, 5.74) is 3.25. The molecule has 0 bridgehead atoms. The van der Waals surface area contributed by atoms with Crippen molar-refractivity contribution in [3.05, 3.63) is 82.4 Å². The molecule has 132 valence electrons. The SMILES string of the molecule is C=C(Br)CN(CC=Cc1ccc(C)cc1)S(=O)(=O)c1ccc(C)cc1. The number of rotatable bonds is 7. The average Bonchev–Trinajstić information content (AvgIpc) is 2.56. The topological polar surface area (TPSA) is 37.4 Å². The molecule has 0 saturated carbocycles. The molecule has 0 aromatic heterocycles. The van der Waals surface area contributed by atoms with E-state index in [2.05, 4.69) is 22.5 Å². The zero-order valence-electron chi connectivity index (χ0n) is 14.4. The van der Waals surface area contributed by atoms with Gasteiger partial charge in [0.25, 0.3) is 0 Å². The third kappa shape index (κ3) is 5.66. The molecule has 0 aliphatic carbocycles. The van der Waals surface area contributed by atoms with Crippen molar-refractivity contribution in [3.63, 3.8) is 0 Å². The van der Waals surface area contributed by atoms with Crippen molar-refractivity contribution in [2.75, 3.05) is 13.1 Å². The summed E-state index contributed by atoms with van der Waals surface area (Å²) in [5, 5.41) is 0. The van der Waals surface area contributed by atoms with Crippen LogP contribution in [0.25, 0.3) is 6.08 Å². The van der Waals surface area contributed by atoms with Crippen LogP contribution in [0.4, 0.5) is 0 Å². The first-order chi connectivity index (χ1) is 11.8. The quantitative estimate of drug-likeness (QED) is 0.638. The predicted molar refractivity (Wildman–Crippen MR) is 108 cm³/mol. The summed E-state index contributed by atoms with van der Waals surface area (Å²) in [5.74, 6) is 0. The maximum absolute atomic E-state index is 12.9. The molecule has 3 nitrogen and oxygen atoms in total. The molecule has 0 fully saturated rings. The van der Waals surface area contributed by atoms with E-state index in [1.165, 1.54) is 9.87 Å². The number of halogens is 1. The van der Waals surface area contributed by atoms with Gasteiger partial charge in [-0.15, -0.1) is 0 Å². The first kappa shape index (κ1) is 19.6. The summed E-state index contributed by atoms with van der Waals surface area (Å²) in [7, 11) is -3.58. The van der Waals surface area contributed by atoms with Crippen LogP contribution in [0.15, 0.2) is 70.6 Å². The standard InChI is InChI=1S/C20H22BrNO2S/c1-16-6-10-19(11-7-16)5-4-14-22(15-18(3)21)25(23,24)20-12-8-17(2)9-13-20/h4-13H,3,14-15H2,1-2H3. The lowest BCUT2D eigenvalue weighted by atomic mass is 10.1. The van der Waals surface area contributed by atoms with Crippen LogP contribution < -0.4 is 0 Å². The maximum atomic E-state index is 12.9. The summed E-state index contributed by atoms with van der Waals surface area (Å²) >= 11 is 3.27. The Labute approximate surface area is 158 Å². The second-order valence-corrected chi connectivity index (χ2v) is 9.00. The molecular formula is C20H22BrNO2S. The maximum Gasteiger partial charge on any atom is 0.243 e. The van der Waals surface area contributed by atoms with Gasteiger partial charge in [0, 0.05) is 17.6 Å².